The minimum atomic E-state index is -3.35. The maximum absolute atomic E-state index is 13.0. The van der Waals surface area contributed by atoms with Gasteiger partial charge in [-0.2, -0.15) is 8.78 Å². The topological polar surface area (TPSA) is 26.3 Å². The number of alkyl halides is 2. The van der Waals surface area contributed by atoms with Crippen LogP contribution in [0.25, 0.3) is 0 Å². The molecule has 4 bridgehead atoms. The van der Waals surface area contributed by atoms with Crippen LogP contribution < -0.4 is 0 Å². The first-order valence-electron chi connectivity index (χ1n) is 7.54. The molecule has 7 unspecified atom stereocenters. The second kappa shape index (κ2) is 3.70. The molecule has 19 heavy (non-hydrogen) atoms. The van der Waals surface area contributed by atoms with E-state index >= 15 is 0 Å². The van der Waals surface area contributed by atoms with E-state index < -0.39 is 11.9 Å². The number of ether oxygens (including phenoxy) is 1. The first kappa shape index (κ1) is 12.1. The zero-order valence-corrected chi connectivity index (χ0v) is 11.1. The van der Waals surface area contributed by atoms with Crippen LogP contribution in [0.2, 0.25) is 0 Å². The third kappa shape index (κ3) is 1.61. The molecule has 0 saturated heterocycles. The van der Waals surface area contributed by atoms with E-state index in [0.29, 0.717) is 24.7 Å². The van der Waals surface area contributed by atoms with Gasteiger partial charge in [-0.25, -0.2) is 4.79 Å². The quantitative estimate of drug-likeness (QED) is 0.568. The number of fused-ring (bicyclic) bond motifs is 9. The highest BCUT2D eigenvalue weighted by Gasteiger charge is 2.63. The van der Waals surface area contributed by atoms with Crippen LogP contribution in [0, 0.1) is 35.5 Å². The fraction of sp³-hybridized carbons (Fsp3) is 0.933. The molecule has 2 nitrogen and oxygen atoms in total. The molecule has 4 rings (SSSR count). The van der Waals surface area contributed by atoms with E-state index in [1.54, 1.807) is 0 Å². The molecule has 4 saturated carbocycles. The number of carbonyl (C=O) groups excluding carboxylic acids is 1. The van der Waals surface area contributed by atoms with Gasteiger partial charge < -0.3 is 4.74 Å². The maximum atomic E-state index is 13.0. The number of hydrogen-bond acceptors (Lipinski definition) is 2. The molecule has 0 spiro atoms. The summed E-state index contributed by atoms with van der Waals surface area (Å²) in [6.45, 7) is 0.628. The van der Waals surface area contributed by atoms with E-state index in [9.17, 15) is 13.6 Å². The molecular weight excluding hydrogens is 250 g/mol. The summed E-state index contributed by atoms with van der Waals surface area (Å²) >= 11 is 0. The predicted molar refractivity (Wildman–Crippen MR) is 64.5 cm³/mol. The molecule has 0 aliphatic heterocycles. The molecule has 0 aromatic carbocycles. The van der Waals surface area contributed by atoms with Crippen LogP contribution >= 0.6 is 0 Å². The number of halogens is 2. The van der Waals surface area contributed by atoms with Crippen LogP contribution in [0.15, 0.2) is 0 Å². The summed E-state index contributed by atoms with van der Waals surface area (Å²) in [5, 5.41) is 0. The summed E-state index contributed by atoms with van der Waals surface area (Å²) in [6.07, 6.45) is 5.72. The van der Waals surface area contributed by atoms with Gasteiger partial charge in [0.2, 0.25) is 0 Å². The van der Waals surface area contributed by atoms with E-state index in [-0.39, 0.29) is 6.10 Å². The Hall–Kier alpha value is -0.670. The minimum absolute atomic E-state index is 0.232. The van der Waals surface area contributed by atoms with Crippen LogP contribution in [0.4, 0.5) is 8.78 Å². The van der Waals surface area contributed by atoms with E-state index in [4.69, 9.17) is 4.74 Å². The predicted octanol–water partition coefficient (Wildman–Crippen LogP) is 3.26. The van der Waals surface area contributed by atoms with Crippen molar-refractivity contribution in [1.29, 1.82) is 0 Å². The fourth-order valence-electron chi connectivity index (χ4n) is 5.88. The Kier molecular flexibility index (Phi) is 2.36. The molecule has 0 aromatic heterocycles. The Balaban J connectivity index is 1.49. The van der Waals surface area contributed by atoms with Crippen molar-refractivity contribution in [1.82, 2.24) is 0 Å². The van der Waals surface area contributed by atoms with Gasteiger partial charge in [0.15, 0.2) is 0 Å². The van der Waals surface area contributed by atoms with E-state index in [0.717, 1.165) is 30.6 Å². The maximum Gasteiger partial charge on any atom is 0.376 e. The first-order chi connectivity index (χ1) is 8.95. The summed E-state index contributed by atoms with van der Waals surface area (Å²) in [7, 11) is 0. The van der Waals surface area contributed by atoms with Crippen LogP contribution in [-0.4, -0.2) is 18.0 Å². The SMILES string of the molecule is CC(F)(F)C(=O)OC1CC2CC1C1C3CCC(C3)C21. The summed E-state index contributed by atoms with van der Waals surface area (Å²) < 4.78 is 31.0. The van der Waals surface area contributed by atoms with Crippen molar-refractivity contribution in [2.24, 2.45) is 35.5 Å². The zero-order chi connectivity index (χ0) is 13.4. The van der Waals surface area contributed by atoms with Crippen molar-refractivity contribution in [3.8, 4) is 0 Å². The molecule has 4 heteroatoms. The largest absolute Gasteiger partial charge is 0.458 e. The van der Waals surface area contributed by atoms with Crippen LogP contribution in [0.1, 0.15) is 39.0 Å². The minimum Gasteiger partial charge on any atom is -0.458 e. The molecule has 106 valence electrons. The van der Waals surface area contributed by atoms with Gasteiger partial charge in [-0.15, -0.1) is 0 Å². The van der Waals surface area contributed by atoms with E-state index in [1.807, 2.05) is 0 Å². The third-order valence-corrected chi connectivity index (χ3v) is 6.29. The van der Waals surface area contributed by atoms with Crippen LogP contribution in [0.3, 0.4) is 0 Å². The average molecular weight is 270 g/mol. The molecule has 4 aliphatic carbocycles. The Labute approximate surface area is 111 Å². The van der Waals surface area contributed by atoms with Crippen LogP contribution in [0.5, 0.6) is 0 Å². The summed E-state index contributed by atoms with van der Waals surface area (Å²) in [5.74, 6) is -0.518. The molecular formula is C15H20F2O2. The van der Waals surface area contributed by atoms with Gasteiger partial charge in [0.05, 0.1) is 0 Å². The van der Waals surface area contributed by atoms with Gasteiger partial charge in [0, 0.05) is 6.92 Å². The van der Waals surface area contributed by atoms with Gasteiger partial charge in [0.1, 0.15) is 6.10 Å². The molecule has 7 atom stereocenters. The normalized spacial score (nSPS) is 50.6. The molecule has 0 aromatic rings. The molecule has 0 heterocycles. The second-order valence-electron chi connectivity index (χ2n) is 7.22. The highest BCUT2D eigenvalue weighted by molar-refractivity contribution is 5.77. The van der Waals surface area contributed by atoms with Crippen molar-refractivity contribution < 1.29 is 18.3 Å². The van der Waals surface area contributed by atoms with Crippen molar-refractivity contribution >= 4 is 5.97 Å². The van der Waals surface area contributed by atoms with Crippen molar-refractivity contribution in [2.45, 2.75) is 51.1 Å². The molecule has 0 amide bonds. The van der Waals surface area contributed by atoms with E-state index in [1.165, 1.54) is 19.3 Å². The molecule has 4 fully saturated rings. The van der Waals surface area contributed by atoms with Gasteiger partial charge >= 0.3 is 11.9 Å². The standard InChI is InChI=1S/C15H20F2O2/c1-15(16,17)14(18)19-11-6-9-5-10(11)13-8-3-2-7(4-8)12(9)13/h7-13H,2-6H2,1H3. The molecule has 4 aliphatic rings. The number of hydrogen-bond donors (Lipinski definition) is 0. The Bertz CT molecular complexity index is 417. The highest BCUT2D eigenvalue weighted by Crippen LogP contribution is 2.67. The summed E-state index contributed by atoms with van der Waals surface area (Å²) in [5.41, 5.74) is 0. The van der Waals surface area contributed by atoms with Crippen molar-refractivity contribution in [2.75, 3.05) is 0 Å². The average Bonchev–Trinajstić information content (AvgIpc) is 3.05. The Morgan fingerprint density at radius 3 is 2.42 bits per heavy atom. The Morgan fingerprint density at radius 2 is 1.74 bits per heavy atom. The second-order valence-corrected chi connectivity index (χ2v) is 7.22. The molecule has 0 N–H and O–H groups in total. The molecule has 0 radical (unpaired) electrons. The Morgan fingerprint density at radius 1 is 1.05 bits per heavy atom. The van der Waals surface area contributed by atoms with Gasteiger partial charge in [-0.1, -0.05) is 0 Å². The zero-order valence-electron chi connectivity index (χ0n) is 11.1. The lowest BCUT2D eigenvalue weighted by Gasteiger charge is -2.38. The highest BCUT2D eigenvalue weighted by atomic mass is 19.3. The fourth-order valence-corrected chi connectivity index (χ4v) is 5.88. The monoisotopic (exact) mass is 270 g/mol. The van der Waals surface area contributed by atoms with Crippen molar-refractivity contribution in [3.05, 3.63) is 0 Å². The smallest absolute Gasteiger partial charge is 0.376 e. The summed E-state index contributed by atoms with van der Waals surface area (Å²) in [6, 6.07) is 0. The van der Waals surface area contributed by atoms with Gasteiger partial charge in [-0.3, -0.25) is 0 Å². The number of esters is 1. The van der Waals surface area contributed by atoms with Crippen molar-refractivity contribution in [3.63, 3.8) is 0 Å². The third-order valence-electron chi connectivity index (χ3n) is 6.29. The number of carbonyl (C=O) groups is 1. The van der Waals surface area contributed by atoms with E-state index in [2.05, 4.69) is 0 Å². The lowest BCUT2D eigenvalue weighted by Crippen LogP contribution is -2.40. The van der Waals surface area contributed by atoms with Gasteiger partial charge in [-0.05, 0) is 67.6 Å². The van der Waals surface area contributed by atoms with Crippen LogP contribution in [-0.2, 0) is 9.53 Å². The lowest BCUT2D eigenvalue weighted by molar-refractivity contribution is -0.179. The summed E-state index contributed by atoms with van der Waals surface area (Å²) in [4.78, 5) is 11.4. The van der Waals surface area contributed by atoms with Gasteiger partial charge in [0.25, 0.3) is 0 Å². The first-order valence-corrected chi connectivity index (χ1v) is 7.54. The lowest BCUT2D eigenvalue weighted by atomic mass is 9.70. The number of rotatable bonds is 2.